The molecule has 7 heteroatoms. The molecule has 3 heterocycles. The van der Waals surface area contributed by atoms with E-state index in [-0.39, 0.29) is 0 Å². The average molecular weight is 366 g/mol. The summed E-state index contributed by atoms with van der Waals surface area (Å²) in [4.78, 5) is 9.76. The van der Waals surface area contributed by atoms with Gasteiger partial charge in [0.05, 0.1) is 14.6 Å². The van der Waals surface area contributed by atoms with Gasteiger partial charge < -0.3 is 9.30 Å². The molecule has 3 aromatic heterocycles. The van der Waals surface area contributed by atoms with E-state index in [1.165, 1.54) is 0 Å². The van der Waals surface area contributed by atoms with Crippen molar-refractivity contribution in [2.45, 2.75) is 32.4 Å². The largest absolute Gasteiger partial charge is 0.361 e. The Balaban J connectivity index is 1.79. The number of hydrogen-bond acceptors (Lipinski definition) is 4. The molecular weight excluding hydrogens is 346 g/mol. The Hall–Kier alpha value is -1.21. The molecule has 3 rings (SSSR count). The summed E-state index contributed by atoms with van der Waals surface area (Å²) < 4.78 is 8.91. The summed E-state index contributed by atoms with van der Waals surface area (Å²) in [5.41, 5.74) is 0.836. The second-order valence-electron chi connectivity index (χ2n) is 6.66. The van der Waals surface area contributed by atoms with Gasteiger partial charge in [0, 0.05) is 33.3 Å². The second-order valence-corrected chi connectivity index (χ2v) is 13.7. The van der Waals surface area contributed by atoms with Crippen LogP contribution in [0.2, 0.25) is 30.7 Å². The zero-order chi connectivity index (χ0) is 16.4. The molecule has 0 atom stereocenters. The molecule has 0 amide bonds. The molecule has 0 bridgehead atoms. The number of thiophene rings is 1. The van der Waals surface area contributed by atoms with Gasteiger partial charge in [0.1, 0.15) is 12.2 Å². The summed E-state index contributed by atoms with van der Waals surface area (Å²) >= 11 is 8.11. The summed E-state index contributed by atoms with van der Waals surface area (Å²) in [6, 6.07) is 5.11. The lowest BCUT2D eigenvalue weighted by Gasteiger charge is -2.16. The molecule has 0 aliphatic rings. The Morgan fingerprint density at radius 2 is 2.09 bits per heavy atom. The lowest BCUT2D eigenvalue weighted by atomic mass is 10.3. The molecule has 3 aromatic rings. The van der Waals surface area contributed by atoms with E-state index in [2.05, 4.69) is 29.6 Å². The van der Waals surface area contributed by atoms with Crippen molar-refractivity contribution in [2.75, 3.05) is 6.61 Å². The van der Waals surface area contributed by atoms with Crippen LogP contribution >= 0.6 is 22.9 Å². The molecule has 4 nitrogen and oxygen atoms in total. The molecule has 23 heavy (non-hydrogen) atoms. The van der Waals surface area contributed by atoms with Gasteiger partial charge in [-0.15, -0.1) is 11.3 Å². The molecule has 0 spiro atoms. The van der Waals surface area contributed by atoms with Gasteiger partial charge in [0.15, 0.2) is 5.82 Å². The molecule has 0 unspecified atom stereocenters. The first-order valence-corrected chi connectivity index (χ1v) is 12.5. The number of nitrogens with zero attached hydrogens (tertiary/aromatic N) is 3. The maximum Gasteiger partial charge on any atom is 0.153 e. The normalized spacial score (nSPS) is 12.2. The number of halogens is 1. The highest BCUT2D eigenvalue weighted by Gasteiger charge is 2.17. The van der Waals surface area contributed by atoms with Gasteiger partial charge in [-0.1, -0.05) is 31.2 Å². The first-order chi connectivity index (χ1) is 11.0. The van der Waals surface area contributed by atoms with Crippen molar-refractivity contribution in [3.63, 3.8) is 0 Å². The number of imidazole rings is 1. The van der Waals surface area contributed by atoms with Crippen LogP contribution in [0.5, 0.6) is 0 Å². The third kappa shape index (κ3) is 3.83. The SMILES string of the molecule is C[Si](C)(C)CCOCn1ccnc1-c1sc2cccnc2c1Cl. The summed E-state index contributed by atoms with van der Waals surface area (Å²) in [6.07, 6.45) is 5.47. The Bertz CT molecular complexity index is 809. The maximum atomic E-state index is 6.50. The van der Waals surface area contributed by atoms with Crippen LogP contribution in [0, 0.1) is 0 Å². The van der Waals surface area contributed by atoms with Crippen LogP contribution in [0.15, 0.2) is 30.7 Å². The monoisotopic (exact) mass is 365 g/mol. The van der Waals surface area contributed by atoms with Crippen LogP contribution < -0.4 is 0 Å². The highest BCUT2D eigenvalue weighted by atomic mass is 35.5. The summed E-state index contributed by atoms with van der Waals surface area (Å²) in [5.74, 6) is 0.839. The van der Waals surface area contributed by atoms with E-state index in [0.29, 0.717) is 11.8 Å². The first-order valence-electron chi connectivity index (χ1n) is 7.58. The van der Waals surface area contributed by atoms with Crippen LogP contribution in [0.3, 0.4) is 0 Å². The molecule has 0 fully saturated rings. The predicted molar refractivity (Wildman–Crippen MR) is 100.0 cm³/mol. The smallest absolute Gasteiger partial charge is 0.153 e. The molecular formula is C16H20ClN3OSSi. The van der Waals surface area contributed by atoms with Crippen molar-refractivity contribution >= 4 is 41.2 Å². The zero-order valence-electron chi connectivity index (χ0n) is 13.5. The number of rotatable bonds is 6. The molecule has 0 saturated carbocycles. The highest BCUT2D eigenvalue weighted by molar-refractivity contribution is 7.23. The van der Waals surface area contributed by atoms with Gasteiger partial charge in [-0.05, 0) is 18.2 Å². The fourth-order valence-corrected chi connectivity index (χ4v) is 4.44. The lowest BCUT2D eigenvalue weighted by molar-refractivity contribution is 0.0883. The molecule has 122 valence electrons. The number of aromatic nitrogens is 3. The third-order valence-corrected chi connectivity index (χ3v) is 6.86. The standard InChI is InChI=1S/C16H20ClN3OSSi/c1-23(2,3)10-9-21-11-20-8-7-19-16(20)15-13(17)14-12(22-15)5-4-6-18-14/h4-8H,9-11H2,1-3H3. The van der Waals surface area contributed by atoms with Crippen LogP contribution in [0.25, 0.3) is 20.9 Å². The van der Waals surface area contributed by atoms with Crippen LogP contribution in [0.1, 0.15) is 0 Å². The highest BCUT2D eigenvalue weighted by Crippen LogP contribution is 2.40. The van der Waals surface area contributed by atoms with Crippen molar-refractivity contribution in [1.82, 2.24) is 14.5 Å². The van der Waals surface area contributed by atoms with E-state index in [4.69, 9.17) is 16.3 Å². The number of pyridine rings is 1. The Kier molecular flexibility index (Phi) is 4.87. The van der Waals surface area contributed by atoms with E-state index in [1.54, 1.807) is 23.7 Å². The first kappa shape index (κ1) is 16.6. The topological polar surface area (TPSA) is 39.9 Å². The van der Waals surface area contributed by atoms with Gasteiger partial charge in [-0.25, -0.2) is 4.98 Å². The number of ether oxygens (including phenoxy) is 1. The Morgan fingerprint density at radius 3 is 2.83 bits per heavy atom. The lowest BCUT2D eigenvalue weighted by Crippen LogP contribution is -2.22. The van der Waals surface area contributed by atoms with Gasteiger partial charge in [-0.3, -0.25) is 4.98 Å². The zero-order valence-corrected chi connectivity index (χ0v) is 16.1. The van der Waals surface area contributed by atoms with Crippen molar-refractivity contribution in [1.29, 1.82) is 0 Å². The maximum absolute atomic E-state index is 6.50. The van der Waals surface area contributed by atoms with E-state index in [0.717, 1.165) is 33.6 Å². The minimum Gasteiger partial charge on any atom is -0.361 e. The van der Waals surface area contributed by atoms with Crippen molar-refractivity contribution in [3.8, 4) is 10.7 Å². The Morgan fingerprint density at radius 1 is 1.26 bits per heavy atom. The van der Waals surface area contributed by atoms with Gasteiger partial charge >= 0.3 is 0 Å². The van der Waals surface area contributed by atoms with Crippen molar-refractivity contribution in [2.24, 2.45) is 0 Å². The number of fused-ring (bicyclic) bond motifs is 1. The van der Waals surface area contributed by atoms with Crippen LogP contribution in [0.4, 0.5) is 0 Å². The van der Waals surface area contributed by atoms with E-state index >= 15 is 0 Å². The van der Waals surface area contributed by atoms with Gasteiger partial charge in [-0.2, -0.15) is 0 Å². The molecule has 0 N–H and O–H groups in total. The summed E-state index contributed by atoms with van der Waals surface area (Å²) in [6.45, 7) is 8.34. The van der Waals surface area contributed by atoms with Gasteiger partial charge in [0.2, 0.25) is 0 Å². The molecule has 0 aliphatic carbocycles. The van der Waals surface area contributed by atoms with E-state index in [1.807, 2.05) is 22.9 Å². The predicted octanol–water partition coefficient (Wildman–Crippen LogP) is 5.13. The van der Waals surface area contributed by atoms with Crippen molar-refractivity contribution in [3.05, 3.63) is 35.7 Å². The second kappa shape index (κ2) is 6.73. The van der Waals surface area contributed by atoms with Gasteiger partial charge in [0.25, 0.3) is 0 Å². The molecule has 0 radical (unpaired) electrons. The minimum atomic E-state index is -1.07. The van der Waals surface area contributed by atoms with Crippen LogP contribution in [-0.2, 0) is 11.5 Å². The van der Waals surface area contributed by atoms with E-state index < -0.39 is 8.07 Å². The fourth-order valence-electron chi connectivity index (χ4n) is 2.21. The van der Waals surface area contributed by atoms with E-state index in [9.17, 15) is 0 Å². The third-order valence-electron chi connectivity index (χ3n) is 3.54. The summed E-state index contributed by atoms with van der Waals surface area (Å²) in [5, 5.41) is 0.667. The molecule has 0 aliphatic heterocycles. The van der Waals surface area contributed by atoms with Crippen LogP contribution in [-0.4, -0.2) is 29.2 Å². The number of hydrogen-bond donors (Lipinski definition) is 0. The fraction of sp³-hybridized carbons (Fsp3) is 0.375. The summed E-state index contributed by atoms with van der Waals surface area (Å²) in [7, 11) is -1.07. The Labute approximate surface area is 146 Å². The quantitative estimate of drug-likeness (QED) is 0.449. The van der Waals surface area contributed by atoms with Crippen molar-refractivity contribution < 1.29 is 4.74 Å². The minimum absolute atomic E-state index is 0.498. The molecule has 0 saturated heterocycles. The average Bonchev–Trinajstić information content (AvgIpc) is 3.08. The molecule has 0 aromatic carbocycles.